The van der Waals surface area contributed by atoms with Gasteiger partial charge in [-0.1, -0.05) is 19.1 Å². The number of morpholine rings is 1. The van der Waals surface area contributed by atoms with Crippen molar-refractivity contribution in [2.24, 2.45) is 0 Å². The van der Waals surface area contributed by atoms with Crippen LogP contribution in [0.15, 0.2) is 18.2 Å². The molecule has 2 atom stereocenters. The molecule has 1 aromatic rings. The van der Waals surface area contributed by atoms with Crippen molar-refractivity contribution in [1.82, 2.24) is 5.32 Å². The smallest absolute Gasteiger partial charge is 0.161 e. The summed E-state index contributed by atoms with van der Waals surface area (Å²) in [6.07, 6.45) is 0.536. The zero-order valence-corrected chi connectivity index (χ0v) is 12.6. The summed E-state index contributed by atoms with van der Waals surface area (Å²) in [5, 5.41) is 12.4. The third-order valence-corrected chi connectivity index (χ3v) is 3.71. The Hall–Kier alpha value is -1.64. The molecule has 2 unspecified atom stereocenters. The maximum absolute atomic E-state index is 14.4. The fourth-order valence-electron chi connectivity index (χ4n) is 2.62. The molecule has 0 amide bonds. The van der Waals surface area contributed by atoms with Crippen LogP contribution in [0.3, 0.4) is 0 Å². The maximum atomic E-state index is 14.4. The quantitative estimate of drug-likeness (QED) is 0.906. The summed E-state index contributed by atoms with van der Waals surface area (Å²) < 4.78 is 19.7. The van der Waals surface area contributed by atoms with Gasteiger partial charge in [0.15, 0.2) is 6.10 Å². The molecule has 0 saturated carbocycles. The number of benzene rings is 1. The first-order chi connectivity index (χ1) is 10.2. The standard InChI is InChI=1S/C16H22FN3O/c1-3-7-19-12(2)14-5-4-6-15(17)16(14)20-8-9-21-13(10-18)11-20/h4-6,12-13,19H,3,7-9,11H2,1-2H3. The minimum atomic E-state index is -0.495. The molecule has 0 aromatic heterocycles. The monoisotopic (exact) mass is 291 g/mol. The second kappa shape index (κ2) is 7.39. The molecule has 0 radical (unpaired) electrons. The van der Waals surface area contributed by atoms with Gasteiger partial charge in [-0.05, 0) is 31.5 Å². The second-order valence-electron chi connectivity index (χ2n) is 5.29. The summed E-state index contributed by atoms with van der Waals surface area (Å²) in [5.74, 6) is -0.240. The van der Waals surface area contributed by atoms with Crippen molar-refractivity contribution in [2.75, 3.05) is 31.1 Å². The SMILES string of the molecule is CCCNC(C)c1cccc(F)c1N1CCOC(C#N)C1. The van der Waals surface area contributed by atoms with Gasteiger partial charge in [0.2, 0.25) is 0 Å². The average Bonchev–Trinajstić information content (AvgIpc) is 2.52. The van der Waals surface area contributed by atoms with E-state index in [0.29, 0.717) is 25.4 Å². The van der Waals surface area contributed by atoms with Crippen LogP contribution >= 0.6 is 0 Å². The summed E-state index contributed by atoms with van der Waals surface area (Å²) >= 11 is 0. The predicted octanol–water partition coefficient (Wildman–Crippen LogP) is 2.62. The lowest BCUT2D eigenvalue weighted by Crippen LogP contribution is -2.43. The zero-order valence-electron chi connectivity index (χ0n) is 12.6. The molecule has 114 valence electrons. The minimum Gasteiger partial charge on any atom is -0.363 e. The van der Waals surface area contributed by atoms with Gasteiger partial charge >= 0.3 is 0 Å². The van der Waals surface area contributed by atoms with Crippen LogP contribution in [0.25, 0.3) is 0 Å². The number of ether oxygens (including phenoxy) is 1. The number of halogens is 1. The van der Waals surface area contributed by atoms with E-state index in [-0.39, 0.29) is 11.9 Å². The third-order valence-electron chi connectivity index (χ3n) is 3.71. The van der Waals surface area contributed by atoms with E-state index in [4.69, 9.17) is 10.00 Å². The predicted molar refractivity (Wildman–Crippen MR) is 80.7 cm³/mol. The topological polar surface area (TPSA) is 48.3 Å². The van der Waals surface area contributed by atoms with Gasteiger partial charge in [0.05, 0.1) is 24.9 Å². The van der Waals surface area contributed by atoms with Crippen LogP contribution in [-0.2, 0) is 4.74 Å². The van der Waals surface area contributed by atoms with Gasteiger partial charge in [-0.3, -0.25) is 0 Å². The molecule has 2 rings (SSSR count). The van der Waals surface area contributed by atoms with E-state index in [9.17, 15) is 4.39 Å². The molecule has 1 aliphatic heterocycles. The fraction of sp³-hybridized carbons (Fsp3) is 0.562. The summed E-state index contributed by atoms with van der Waals surface area (Å²) in [7, 11) is 0. The number of hydrogen-bond donors (Lipinski definition) is 1. The Morgan fingerprint density at radius 1 is 1.57 bits per heavy atom. The number of rotatable bonds is 5. The number of nitrogens with zero attached hydrogens (tertiary/aromatic N) is 2. The van der Waals surface area contributed by atoms with Crippen LogP contribution in [0.1, 0.15) is 31.9 Å². The van der Waals surface area contributed by atoms with Gasteiger partial charge in [0.25, 0.3) is 0 Å². The number of hydrogen-bond acceptors (Lipinski definition) is 4. The molecule has 1 aliphatic rings. The normalized spacial score (nSPS) is 20.1. The highest BCUT2D eigenvalue weighted by molar-refractivity contribution is 5.56. The van der Waals surface area contributed by atoms with E-state index < -0.39 is 6.10 Å². The number of para-hydroxylation sites is 1. The maximum Gasteiger partial charge on any atom is 0.161 e. The largest absolute Gasteiger partial charge is 0.363 e. The van der Waals surface area contributed by atoms with Crippen LogP contribution in [0, 0.1) is 17.1 Å². The van der Waals surface area contributed by atoms with Crippen molar-refractivity contribution < 1.29 is 9.13 Å². The first kappa shape index (κ1) is 15.7. The molecule has 5 heteroatoms. The number of nitriles is 1. The summed E-state index contributed by atoms with van der Waals surface area (Å²) in [5.41, 5.74) is 1.53. The van der Waals surface area contributed by atoms with Crippen molar-refractivity contribution in [3.05, 3.63) is 29.6 Å². The Labute approximate surface area is 125 Å². The Morgan fingerprint density at radius 2 is 2.38 bits per heavy atom. The summed E-state index contributed by atoms with van der Waals surface area (Å²) in [6.45, 7) is 6.49. The molecule has 1 saturated heterocycles. The summed E-state index contributed by atoms with van der Waals surface area (Å²) in [4.78, 5) is 1.92. The Balaban J connectivity index is 2.27. The average molecular weight is 291 g/mol. The van der Waals surface area contributed by atoms with Crippen molar-refractivity contribution >= 4 is 5.69 Å². The van der Waals surface area contributed by atoms with Crippen molar-refractivity contribution in [3.8, 4) is 6.07 Å². The molecule has 1 N–H and O–H groups in total. The highest BCUT2D eigenvalue weighted by Gasteiger charge is 2.25. The van der Waals surface area contributed by atoms with Crippen molar-refractivity contribution in [3.63, 3.8) is 0 Å². The molecule has 0 spiro atoms. The lowest BCUT2D eigenvalue weighted by atomic mass is 10.0. The Bertz CT molecular complexity index is 515. The molecule has 1 aromatic carbocycles. The van der Waals surface area contributed by atoms with Crippen LogP contribution in [-0.4, -0.2) is 32.3 Å². The van der Waals surface area contributed by atoms with E-state index in [1.54, 1.807) is 6.07 Å². The Kier molecular flexibility index (Phi) is 5.54. The van der Waals surface area contributed by atoms with Crippen LogP contribution in [0.4, 0.5) is 10.1 Å². The summed E-state index contributed by atoms with van der Waals surface area (Å²) in [6, 6.07) is 7.33. The fourth-order valence-corrected chi connectivity index (χ4v) is 2.62. The van der Waals surface area contributed by atoms with E-state index in [2.05, 4.69) is 18.3 Å². The molecule has 0 aliphatic carbocycles. The zero-order chi connectivity index (χ0) is 15.2. The van der Waals surface area contributed by atoms with Gasteiger partial charge < -0.3 is 15.0 Å². The van der Waals surface area contributed by atoms with Crippen molar-refractivity contribution in [2.45, 2.75) is 32.4 Å². The van der Waals surface area contributed by atoms with Crippen molar-refractivity contribution in [1.29, 1.82) is 5.26 Å². The first-order valence-electron chi connectivity index (χ1n) is 7.45. The molecule has 21 heavy (non-hydrogen) atoms. The second-order valence-corrected chi connectivity index (χ2v) is 5.29. The third kappa shape index (κ3) is 3.72. The minimum absolute atomic E-state index is 0.0685. The van der Waals surface area contributed by atoms with Crippen LogP contribution in [0.5, 0.6) is 0 Å². The van der Waals surface area contributed by atoms with E-state index in [1.807, 2.05) is 17.9 Å². The molecule has 1 heterocycles. The first-order valence-corrected chi connectivity index (χ1v) is 7.45. The number of anilines is 1. The van der Waals surface area contributed by atoms with Gasteiger partial charge in [0.1, 0.15) is 5.82 Å². The lowest BCUT2D eigenvalue weighted by molar-refractivity contribution is 0.0761. The Morgan fingerprint density at radius 3 is 3.10 bits per heavy atom. The van der Waals surface area contributed by atoms with E-state index in [1.165, 1.54) is 6.07 Å². The van der Waals surface area contributed by atoms with E-state index in [0.717, 1.165) is 18.5 Å². The van der Waals surface area contributed by atoms with E-state index >= 15 is 0 Å². The molecule has 4 nitrogen and oxygen atoms in total. The van der Waals surface area contributed by atoms with Crippen LogP contribution in [0.2, 0.25) is 0 Å². The van der Waals surface area contributed by atoms with Gasteiger partial charge in [-0.25, -0.2) is 4.39 Å². The number of nitrogens with one attached hydrogen (secondary N) is 1. The van der Waals surface area contributed by atoms with Gasteiger partial charge in [0, 0.05) is 12.6 Å². The molecule has 1 fully saturated rings. The molecular formula is C16H22FN3O. The molecule has 0 bridgehead atoms. The van der Waals surface area contributed by atoms with Gasteiger partial charge in [-0.15, -0.1) is 0 Å². The lowest BCUT2D eigenvalue weighted by Gasteiger charge is -2.34. The molecular weight excluding hydrogens is 269 g/mol. The highest BCUT2D eigenvalue weighted by Crippen LogP contribution is 2.30. The van der Waals surface area contributed by atoms with Crippen LogP contribution < -0.4 is 10.2 Å². The van der Waals surface area contributed by atoms with Gasteiger partial charge in [-0.2, -0.15) is 5.26 Å². The highest BCUT2D eigenvalue weighted by atomic mass is 19.1.